The fraction of sp³-hybridized carbons (Fsp3) is 0.316. The SMILES string of the molecule is Cc1ccccc1CCNC(=O)c1ccc(C(C)C)cc1. The van der Waals surface area contributed by atoms with Crippen LogP contribution in [0.15, 0.2) is 48.5 Å². The Morgan fingerprint density at radius 3 is 2.33 bits per heavy atom. The average molecular weight is 281 g/mol. The van der Waals surface area contributed by atoms with Crippen molar-refractivity contribution in [2.75, 3.05) is 6.54 Å². The van der Waals surface area contributed by atoms with Crippen LogP contribution in [0.2, 0.25) is 0 Å². The molecular weight excluding hydrogens is 258 g/mol. The van der Waals surface area contributed by atoms with Crippen LogP contribution >= 0.6 is 0 Å². The summed E-state index contributed by atoms with van der Waals surface area (Å²) in [7, 11) is 0. The second-order valence-electron chi connectivity index (χ2n) is 5.71. The van der Waals surface area contributed by atoms with Crippen molar-refractivity contribution in [2.45, 2.75) is 33.1 Å². The van der Waals surface area contributed by atoms with E-state index in [1.807, 2.05) is 36.4 Å². The number of nitrogens with one attached hydrogen (secondary N) is 1. The fourth-order valence-corrected chi connectivity index (χ4v) is 2.32. The van der Waals surface area contributed by atoms with E-state index in [0.29, 0.717) is 12.5 Å². The summed E-state index contributed by atoms with van der Waals surface area (Å²) in [5.41, 5.74) is 4.54. The van der Waals surface area contributed by atoms with Crippen molar-refractivity contribution in [3.8, 4) is 0 Å². The van der Waals surface area contributed by atoms with Crippen LogP contribution in [0, 0.1) is 6.92 Å². The van der Waals surface area contributed by atoms with E-state index in [0.717, 1.165) is 12.0 Å². The van der Waals surface area contributed by atoms with E-state index in [2.05, 4.69) is 38.2 Å². The highest BCUT2D eigenvalue weighted by Gasteiger charge is 2.06. The third-order valence-electron chi connectivity index (χ3n) is 3.78. The first kappa shape index (κ1) is 15.3. The number of aryl methyl sites for hydroxylation is 1. The summed E-state index contributed by atoms with van der Waals surface area (Å²) in [5.74, 6) is 0.488. The predicted molar refractivity (Wildman–Crippen MR) is 87.7 cm³/mol. The third-order valence-corrected chi connectivity index (χ3v) is 3.78. The van der Waals surface area contributed by atoms with Gasteiger partial charge < -0.3 is 5.32 Å². The van der Waals surface area contributed by atoms with Crippen LogP contribution in [-0.2, 0) is 6.42 Å². The van der Waals surface area contributed by atoms with Crippen molar-refractivity contribution in [1.82, 2.24) is 5.32 Å². The van der Waals surface area contributed by atoms with Crippen molar-refractivity contribution < 1.29 is 4.79 Å². The van der Waals surface area contributed by atoms with Crippen molar-refractivity contribution in [3.63, 3.8) is 0 Å². The van der Waals surface area contributed by atoms with Gasteiger partial charge in [-0.05, 0) is 48.1 Å². The monoisotopic (exact) mass is 281 g/mol. The molecule has 2 aromatic rings. The average Bonchev–Trinajstić information content (AvgIpc) is 2.49. The van der Waals surface area contributed by atoms with Gasteiger partial charge in [0.05, 0.1) is 0 Å². The quantitative estimate of drug-likeness (QED) is 0.878. The molecule has 2 aromatic carbocycles. The molecule has 2 rings (SSSR count). The van der Waals surface area contributed by atoms with Gasteiger partial charge in [0.1, 0.15) is 0 Å². The zero-order chi connectivity index (χ0) is 15.2. The number of carbonyl (C=O) groups is 1. The lowest BCUT2D eigenvalue weighted by Gasteiger charge is -2.09. The third kappa shape index (κ3) is 4.19. The minimum Gasteiger partial charge on any atom is -0.352 e. The summed E-state index contributed by atoms with van der Waals surface area (Å²) in [6.07, 6.45) is 0.864. The standard InChI is InChI=1S/C19H23NO/c1-14(2)16-8-10-18(11-9-16)19(21)20-13-12-17-7-5-4-6-15(17)3/h4-11,14H,12-13H2,1-3H3,(H,20,21). The lowest BCUT2D eigenvalue weighted by atomic mass is 10.0. The number of carbonyl (C=O) groups excluding carboxylic acids is 1. The van der Waals surface area contributed by atoms with Gasteiger partial charge in [-0.1, -0.05) is 50.2 Å². The second-order valence-corrected chi connectivity index (χ2v) is 5.71. The van der Waals surface area contributed by atoms with E-state index >= 15 is 0 Å². The molecule has 0 unspecified atom stereocenters. The maximum Gasteiger partial charge on any atom is 0.251 e. The number of rotatable bonds is 5. The summed E-state index contributed by atoms with van der Waals surface area (Å²) >= 11 is 0. The molecule has 0 radical (unpaired) electrons. The van der Waals surface area contributed by atoms with E-state index in [1.165, 1.54) is 16.7 Å². The highest BCUT2D eigenvalue weighted by molar-refractivity contribution is 5.94. The molecule has 0 aliphatic carbocycles. The van der Waals surface area contributed by atoms with E-state index < -0.39 is 0 Å². The van der Waals surface area contributed by atoms with Crippen molar-refractivity contribution >= 4 is 5.91 Å². The minimum absolute atomic E-state index is 0.00103. The largest absolute Gasteiger partial charge is 0.352 e. The molecule has 0 saturated carbocycles. The molecule has 0 aliphatic heterocycles. The molecule has 2 nitrogen and oxygen atoms in total. The molecule has 0 atom stereocenters. The highest BCUT2D eigenvalue weighted by atomic mass is 16.1. The van der Waals surface area contributed by atoms with Gasteiger partial charge in [0.15, 0.2) is 0 Å². The molecule has 1 N–H and O–H groups in total. The first-order valence-corrected chi connectivity index (χ1v) is 7.50. The molecule has 1 amide bonds. The molecule has 0 aliphatic rings. The van der Waals surface area contributed by atoms with Gasteiger partial charge in [-0.15, -0.1) is 0 Å². The van der Waals surface area contributed by atoms with Gasteiger partial charge >= 0.3 is 0 Å². The molecular formula is C19H23NO. The first-order valence-electron chi connectivity index (χ1n) is 7.50. The van der Waals surface area contributed by atoms with E-state index in [9.17, 15) is 4.79 Å². The maximum atomic E-state index is 12.1. The molecule has 21 heavy (non-hydrogen) atoms. The summed E-state index contributed by atoms with van der Waals surface area (Å²) in [6.45, 7) is 7.06. The molecule has 110 valence electrons. The van der Waals surface area contributed by atoms with Gasteiger partial charge in [0, 0.05) is 12.1 Å². The van der Waals surface area contributed by atoms with Crippen molar-refractivity contribution in [1.29, 1.82) is 0 Å². The van der Waals surface area contributed by atoms with E-state index in [4.69, 9.17) is 0 Å². The normalized spacial score (nSPS) is 10.7. The Labute approximate surface area is 127 Å². The minimum atomic E-state index is -0.00103. The number of benzene rings is 2. The van der Waals surface area contributed by atoms with Crippen molar-refractivity contribution in [3.05, 3.63) is 70.8 Å². The Kier molecular flexibility index (Phi) is 5.15. The second kappa shape index (κ2) is 7.07. The molecule has 0 bridgehead atoms. The summed E-state index contributed by atoms with van der Waals surface area (Å²) in [6, 6.07) is 16.1. The summed E-state index contributed by atoms with van der Waals surface area (Å²) in [5, 5.41) is 2.98. The van der Waals surface area contributed by atoms with Crippen LogP contribution in [0.1, 0.15) is 46.8 Å². The van der Waals surface area contributed by atoms with Gasteiger partial charge in [0.2, 0.25) is 0 Å². The summed E-state index contributed by atoms with van der Waals surface area (Å²) in [4.78, 5) is 12.1. The Hall–Kier alpha value is -2.09. The Balaban J connectivity index is 1.88. The molecule has 0 heterocycles. The van der Waals surface area contributed by atoms with Gasteiger partial charge in [0.25, 0.3) is 5.91 Å². The molecule has 0 spiro atoms. The zero-order valence-corrected chi connectivity index (χ0v) is 13.0. The molecule has 0 saturated heterocycles. The van der Waals surface area contributed by atoms with Crippen LogP contribution in [0.4, 0.5) is 0 Å². The van der Waals surface area contributed by atoms with Crippen LogP contribution in [0.3, 0.4) is 0 Å². The zero-order valence-electron chi connectivity index (χ0n) is 13.0. The van der Waals surface area contributed by atoms with E-state index in [1.54, 1.807) is 0 Å². The lowest BCUT2D eigenvalue weighted by molar-refractivity contribution is 0.0954. The first-order chi connectivity index (χ1) is 10.1. The number of amides is 1. The van der Waals surface area contributed by atoms with Gasteiger partial charge in [-0.3, -0.25) is 4.79 Å². The lowest BCUT2D eigenvalue weighted by Crippen LogP contribution is -2.25. The number of hydrogen-bond acceptors (Lipinski definition) is 1. The van der Waals surface area contributed by atoms with Crippen LogP contribution in [-0.4, -0.2) is 12.5 Å². The van der Waals surface area contributed by atoms with E-state index in [-0.39, 0.29) is 5.91 Å². The molecule has 0 fully saturated rings. The van der Waals surface area contributed by atoms with Crippen LogP contribution in [0.5, 0.6) is 0 Å². The van der Waals surface area contributed by atoms with Gasteiger partial charge in [-0.25, -0.2) is 0 Å². The van der Waals surface area contributed by atoms with Crippen LogP contribution < -0.4 is 5.32 Å². The smallest absolute Gasteiger partial charge is 0.251 e. The Morgan fingerprint density at radius 1 is 1.05 bits per heavy atom. The predicted octanol–water partition coefficient (Wildman–Crippen LogP) is 4.09. The van der Waals surface area contributed by atoms with Gasteiger partial charge in [-0.2, -0.15) is 0 Å². The Morgan fingerprint density at radius 2 is 1.71 bits per heavy atom. The number of hydrogen-bond donors (Lipinski definition) is 1. The van der Waals surface area contributed by atoms with Crippen molar-refractivity contribution in [2.24, 2.45) is 0 Å². The maximum absolute atomic E-state index is 12.1. The highest BCUT2D eigenvalue weighted by Crippen LogP contribution is 2.14. The Bertz CT molecular complexity index is 599. The summed E-state index contributed by atoms with van der Waals surface area (Å²) < 4.78 is 0. The topological polar surface area (TPSA) is 29.1 Å². The van der Waals surface area contributed by atoms with Crippen LogP contribution in [0.25, 0.3) is 0 Å². The fourth-order valence-electron chi connectivity index (χ4n) is 2.32. The molecule has 0 aromatic heterocycles. The molecule has 2 heteroatoms.